The van der Waals surface area contributed by atoms with Gasteiger partial charge in [-0.15, -0.1) is 11.8 Å². The van der Waals surface area contributed by atoms with E-state index in [0.29, 0.717) is 0 Å². The zero-order valence-electron chi connectivity index (χ0n) is 12.3. The first-order valence-corrected chi connectivity index (χ1v) is 8.28. The molecular formula is C20H20S. The molecule has 0 N–H and O–H groups in total. The number of rotatable bonds is 3. The predicted molar refractivity (Wildman–Crippen MR) is 93.9 cm³/mol. The molecule has 0 saturated carbocycles. The number of thioether (sulfide) groups is 1. The van der Waals surface area contributed by atoms with Gasteiger partial charge in [-0.05, 0) is 35.9 Å². The van der Waals surface area contributed by atoms with Crippen LogP contribution < -0.4 is 0 Å². The molecule has 3 aromatic carbocycles. The van der Waals surface area contributed by atoms with E-state index < -0.39 is 0 Å². The SMILES string of the molecule is CSc1ccccc1.c1ccc(Cc2ccccc2)cc1. The van der Waals surface area contributed by atoms with E-state index in [-0.39, 0.29) is 0 Å². The van der Waals surface area contributed by atoms with Gasteiger partial charge in [-0.3, -0.25) is 0 Å². The van der Waals surface area contributed by atoms with Gasteiger partial charge in [0.25, 0.3) is 0 Å². The maximum Gasteiger partial charge on any atom is 0.00691 e. The zero-order chi connectivity index (χ0) is 14.8. The van der Waals surface area contributed by atoms with Crippen molar-refractivity contribution in [2.75, 3.05) is 6.26 Å². The average molecular weight is 292 g/mol. The summed E-state index contributed by atoms with van der Waals surface area (Å²) in [5, 5.41) is 0. The smallest absolute Gasteiger partial charge is 0.00691 e. The molecule has 1 heteroatoms. The van der Waals surface area contributed by atoms with Crippen LogP contribution in [0, 0.1) is 0 Å². The highest BCUT2D eigenvalue weighted by atomic mass is 32.2. The molecular weight excluding hydrogens is 272 g/mol. The van der Waals surface area contributed by atoms with E-state index in [1.54, 1.807) is 11.8 Å². The fourth-order valence-corrected chi connectivity index (χ4v) is 2.41. The van der Waals surface area contributed by atoms with Crippen molar-refractivity contribution in [1.29, 1.82) is 0 Å². The van der Waals surface area contributed by atoms with Crippen molar-refractivity contribution < 1.29 is 0 Å². The Bertz CT molecular complexity index is 566. The monoisotopic (exact) mass is 292 g/mol. The fourth-order valence-electron chi connectivity index (χ4n) is 1.98. The van der Waals surface area contributed by atoms with Crippen LogP contribution in [0.4, 0.5) is 0 Å². The van der Waals surface area contributed by atoms with Crippen LogP contribution in [0.3, 0.4) is 0 Å². The highest BCUT2D eigenvalue weighted by Crippen LogP contribution is 2.11. The summed E-state index contributed by atoms with van der Waals surface area (Å²) in [7, 11) is 0. The minimum Gasteiger partial charge on any atom is -0.130 e. The molecule has 0 saturated heterocycles. The summed E-state index contributed by atoms with van der Waals surface area (Å²) in [6, 6.07) is 31.4. The summed E-state index contributed by atoms with van der Waals surface area (Å²) < 4.78 is 0. The highest BCUT2D eigenvalue weighted by Gasteiger charge is 1.92. The van der Waals surface area contributed by atoms with Gasteiger partial charge in [-0.25, -0.2) is 0 Å². The van der Waals surface area contributed by atoms with Gasteiger partial charge in [0.2, 0.25) is 0 Å². The van der Waals surface area contributed by atoms with Gasteiger partial charge in [0.05, 0.1) is 0 Å². The third-order valence-corrected chi connectivity index (χ3v) is 3.82. The van der Waals surface area contributed by atoms with Crippen LogP contribution in [0.25, 0.3) is 0 Å². The number of hydrogen-bond acceptors (Lipinski definition) is 1. The second-order valence-corrected chi connectivity index (χ2v) is 5.54. The van der Waals surface area contributed by atoms with Crippen molar-refractivity contribution in [3.8, 4) is 0 Å². The third kappa shape index (κ3) is 5.88. The van der Waals surface area contributed by atoms with E-state index in [2.05, 4.69) is 79.1 Å². The van der Waals surface area contributed by atoms with E-state index in [1.165, 1.54) is 16.0 Å². The molecule has 106 valence electrons. The summed E-state index contributed by atoms with van der Waals surface area (Å²) in [6.07, 6.45) is 3.11. The van der Waals surface area contributed by atoms with Crippen LogP contribution in [-0.2, 0) is 6.42 Å². The van der Waals surface area contributed by atoms with Crippen LogP contribution in [0.5, 0.6) is 0 Å². The molecule has 0 radical (unpaired) electrons. The van der Waals surface area contributed by atoms with Crippen molar-refractivity contribution in [1.82, 2.24) is 0 Å². The zero-order valence-corrected chi connectivity index (χ0v) is 13.1. The molecule has 0 aliphatic carbocycles. The lowest BCUT2D eigenvalue weighted by Gasteiger charge is -2.00. The first-order valence-electron chi connectivity index (χ1n) is 7.05. The van der Waals surface area contributed by atoms with E-state index in [1.807, 2.05) is 18.2 Å². The van der Waals surface area contributed by atoms with Crippen molar-refractivity contribution in [3.63, 3.8) is 0 Å². The highest BCUT2D eigenvalue weighted by molar-refractivity contribution is 7.98. The summed E-state index contributed by atoms with van der Waals surface area (Å²) >= 11 is 1.77. The summed E-state index contributed by atoms with van der Waals surface area (Å²) in [5.41, 5.74) is 2.74. The quantitative estimate of drug-likeness (QED) is 0.559. The molecule has 0 aliphatic heterocycles. The van der Waals surface area contributed by atoms with Crippen LogP contribution in [0.2, 0.25) is 0 Å². The standard InChI is InChI=1S/C13H12.C7H8S/c1-3-7-12(8-4-1)11-13-9-5-2-6-10-13;1-8-7-5-3-2-4-6-7/h1-10H,11H2;2-6H,1H3. The van der Waals surface area contributed by atoms with Gasteiger partial charge in [0.15, 0.2) is 0 Å². The molecule has 3 aromatic rings. The molecule has 0 aromatic heterocycles. The van der Waals surface area contributed by atoms with Crippen molar-refractivity contribution in [3.05, 3.63) is 102 Å². The lowest BCUT2D eigenvalue weighted by atomic mass is 10.1. The maximum atomic E-state index is 2.16. The molecule has 0 spiro atoms. The van der Waals surface area contributed by atoms with E-state index in [4.69, 9.17) is 0 Å². The molecule has 0 nitrogen and oxygen atoms in total. The fraction of sp³-hybridized carbons (Fsp3) is 0.100. The first kappa shape index (κ1) is 15.4. The largest absolute Gasteiger partial charge is 0.130 e. The molecule has 0 heterocycles. The normalized spacial score (nSPS) is 9.57. The Balaban J connectivity index is 0.000000173. The molecule has 0 bridgehead atoms. The summed E-state index contributed by atoms with van der Waals surface area (Å²) in [5.74, 6) is 0. The molecule has 0 fully saturated rings. The maximum absolute atomic E-state index is 2.16. The van der Waals surface area contributed by atoms with Crippen molar-refractivity contribution in [2.24, 2.45) is 0 Å². The first-order chi connectivity index (χ1) is 10.4. The van der Waals surface area contributed by atoms with E-state index >= 15 is 0 Å². The van der Waals surface area contributed by atoms with Gasteiger partial charge < -0.3 is 0 Å². The molecule has 21 heavy (non-hydrogen) atoms. The minimum absolute atomic E-state index is 1.03. The van der Waals surface area contributed by atoms with Crippen molar-refractivity contribution >= 4 is 11.8 Å². The molecule has 0 amide bonds. The molecule has 0 atom stereocenters. The lowest BCUT2D eigenvalue weighted by Crippen LogP contribution is -1.85. The van der Waals surface area contributed by atoms with Gasteiger partial charge in [0.1, 0.15) is 0 Å². The van der Waals surface area contributed by atoms with Crippen molar-refractivity contribution in [2.45, 2.75) is 11.3 Å². The second kappa shape index (κ2) is 9.04. The Morgan fingerprint density at radius 1 is 0.571 bits per heavy atom. The third-order valence-electron chi connectivity index (χ3n) is 3.07. The predicted octanol–water partition coefficient (Wildman–Crippen LogP) is 5.69. The topological polar surface area (TPSA) is 0 Å². The van der Waals surface area contributed by atoms with Crippen LogP contribution in [0.15, 0.2) is 95.9 Å². The molecule has 0 unspecified atom stereocenters. The van der Waals surface area contributed by atoms with Gasteiger partial charge in [0, 0.05) is 4.90 Å². The van der Waals surface area contributed by atoms with Crippen LogP contribution in [0.1, 0.15) is 11.1 Å². The van der Waals surface area contributed by atoms with Crippen LogP contribution in [-0.4, -0.2) is 6.26 Å². The van der Waals surface area contributed by atoms with E-state index in [9.17, 15) is 0 Å². The Hall–Kier alpha value is -1.99. The Morgan fingerprint density at radius 2 is 0.952 bits per heavy atom. The minimum atomic E-state index is 1.03. The Labute approximate surface area is 131 Å². The summed E-state index contributed by atoms with van der Waals surface area (Å²) in [4.78, 5) is 1.33. The number of hydrogen-bond donors (Lipinski definition) is 0. The van der Waals surface area contributed by atoms with Gasteiger partial charge >= 0.3 is 0 Å². The molecule has 3 rings (SSSR count). The molecule has 0 aliphatic rings. The van der Waals surface area contributed by atoms with Gasteiger partial charge in [-0.1, -0.05) is 78.9 Å². The Kier molecular flexibility index (Phi) is 6.63. The lowest BCUT2D eigenvalue weighted by molar-refractivity contribution is 1.19. The van der Waals surface area contributed by atoms with Gasteiger partial charge in [-0.2, -0.15) is 0 Å². The second-order valence-electron chi connectivity index (χ2n) is 4.67. The summed E-state index contributed by atoms with van der Waals surface area (Å²) in [6.45, 7) is 0. The van der Waals surface area contributed by atoms with E-state index in [0.717, 1.165) is 6.42 Å². The van der Waals surface area contributed by atoms with Crippen LogP contribution >= 0.6 is 11.8 Å². The average Bonchev–Trinajstić information content (AvgIpc) is 2.58. The Morgan fingerprint density at radius 3 is 1.29 bits per heavy atom. The number of benzene rings is 3.